The summed E-state index contributed by atoms with van der Waals surface area (Å²) in [5, 5.41) is 3.30. The van der Waals surface area contributed by atoms with E-state index in [9.17, 15) is 9.18 Å². The maximum absolute atomic E-state index is 14.2. The van der Waals surface area contributed by atoms with Crippen molar-refractivity contribution in [2.75, 3.05) is 31.3 Å². The minimum Gasteiger partial charge on any atom is -0.450 e. The highest BCUT2D eigenvalue weighted by Crippen LogP contribution is 2.19. The molecular weight excluding hydrogens is 420 g/mol. The van der Waals surface area contributed by atoms with Gasteiger partial charge in [-0.2, -0.15) is 9.97 Å². The van der Waals surface area contributed by atoms with Crippen molar-refractivity contribution in [2.45, 2.75) is 32.9 Å². The van der Waals surface area contributed by atoms with Crippen LogP contribution in [0, 0.1) is 12.7 Å². The Kier molecular flexibility index (Phi) is 7.22. The van der Waals surface area contributed by atoms with Gasteiger partial charge in [0, 0.05) is 32.7 Å². The van der Waals surface area contributed by atoms with Crippen LogP contribution >= 0.6 is 9.24 Å². The smallest absolute Gasteiger partial charge is 0.407 e. The van der Waals surface area contributed by atoms with Crippen molar-refractivity contribution in [2.24, 2.45) is 0 Å². The molecule has 1 unspecified atom stereocenters. The van der Waals surface area contributed by atoms with E-state index in [4.69, 9.17) is 10.5 Å². The van der Waals surface area contributed by atoms with E-state index in [2.05, 4.69) is 29.5 Å². The highest BCUT2D eigenvalue weighted by molar-refractivity contribution is 7.27. The summed E-state index contributed by atoms with van der Waals surface area (Å²) in [6.07, 6.45) is 2.51. The van der Waals surface area contributed by atoms with Crippen LogP contribution in [0.5, 0.6) is 0 Å². The Morgan fingerprint density at radius 1 is 1.32 bits per heavy atom. The lowest BCUT2D eigenvalue weighted by Gasteiger charge is -2.12. The Balaban J connectivity index is 1.45. The van der Waals surface area contributed by atoms with E-state index in [-0.39, 0.29) is 19.0 Å². The predicted octanol–water partition coefficient (Wildman–Crippen LogP) is 2.13. The van der Waals surface area contributed by atoms with Crippen LogP contribution in [-0.2, 0) is 17.8 Å². The number of rotatable bonds is 8. The first-order valence-electron chi connectivity index (χ1n) is 9.87. The molecule has 3 aromatic rings. The van der Waals surface area contributed by atoms with Crippen molar-refractivity contribution >= 4 is 43.6 Å². The molecule has 0 spiro atoms. The van der Waals surface area contributed by atoms with Gasteiger partial charge >= 0.3 is 6.09 Å². The van der Waals surface area contributed by atoms with E-state index in [0.717, 1.165) is 6.42 Å². The van der Waals surface area contributed by atoms with Crippen molar-refractivity contribution in [1.82, 2.24) is 24.8 Å². The van der Waals surface area contributed by atoms with Crippen molar-refractivity contribution < 1.29 is 13.9 Å². The summed E-state index contributed by atoms with van der Waals surface area (Å²) < 4.78 is 21.3. The lowest BCUT2D eigenvalue weighted by molar-refractivity contribution is 0.143. The normalized spacial score (nSPS) is 11.0. The predicted molar refractivity (Wildman–Crippen MR) is 122 cm³/mol. The van der Waals surface area contributed by atoms with Gasteiger partial charge in [0.05, 0.1) is 12.9 Å². The number of aryl methyl sites for hydroxylation is 2. The largest absolute Gasteiger partial charge is 0.450 e. The molecule has 2 aromatic heterocycles. The van der Waals surface area contributed by atoms with Gasteiger partial charge in [-0.1, -0.05) is 12.1 Å². The molecule has 1 amide bonds. The van der Waals surface area contributed by atoms with Crippen molar-refractivity contribution in [3.8, 4) is 0 Å². The first-order valence-corrected chi connectivity index (χ1v) is 10.5. The molecule has 0 fully saturated rings. The van der Waals surface area contributed by atoms with E-state index in [1.54, 1.807) is 30.3 Å². The number of halogens is 1. The van der Waals surface area contributed by atoms with Gasteiger partial charge in [-0.25, -0.2) is 14.2 Å². The molecule has 0 saturated heterocycles. The number of nitrogen functional groups attached to an aromatic ring is 1. The molecule has 0 radical (unpaired) electrons. The molecule has 0 bridgehead atoms. The van der Waals surface area contributed by atoms with Gasteiger partial charge in [-0.05, 0) is 30.6 Å². The second kappa shape index (κ2) is 9.87. The third-order valence-corrected chi connectivity index (χ3v) is 5.33. The third kappa shape index (κ3) is 5.38. The number of carbonyl (C=O) groups is 1. The number of carbonyl (C=O) groups excluding carboxylic acids is 1. The van der Waals surface area contributed by atoms with Gasteiger partial charge in [-0.15, -0.1) is 9.24 Å². The monoisotopic (exact) mass is 447 g/mol. The van der Waals surface area contributed by atoms with Crippen molar-refractivity contribution in [3.05, 3.63) is 35.4 Å². The van der Waals surface area contributed by atoms with Crippen molar-refractivity contribution in [3.63, 3.8) is 0 Å². The molecule has 0 aliphatic carbocycles. The van der Waals surface area contributed by atoms with Crippen LogP contribution in [0.15, 0.2) is 18.5 Å². The van der Waals surface area contributed by atoms with Gasteiger partial charge in [0.25, 0.3) is 0 Å². The number of benzene rings is 1. The topological polar surface area (TPSA) is 111 Å². The van der Waals surface area contributed by atoms with Gasteiger partial charge < -0.3 is 25.3 Å². The summed E-state index contributed by atoms with van der Waals surface area (Å²) in [7, 11) is 6.16. The summed E-state index contributed by atoms with van der Waals surface area (Å²) in [5.41, 5.74) is 8.18. The minimum atomic E-state index is -0.575. The van der Waals surface area contributed by atoms with Gasteiger partial charge in [0.2, 0.25) is 5.95 Å². The minimum absolute atomic E-state index is 0.0710. The zero-order valence-electron chi connectivity index (χ0n) is 17.9. The molecule has 0 aliphatic rings. The number of nitrogens with one attached hydrogen (secondary N) is 1. The molecule has 31 heavy (non-hydrogen) atoms. The molecule has 1 aromatic carbocycles. The molecule has 0 aliphatic heterocycles. The van der Waals surface area contributed by atoms with Gasteiger partial charge in [-0.3, -0.25) is 0 Å². The van der Waals surface area contributed by atoms with Gasteiger partial charge in [0.15, 0.2) is 11.5 Å². The molecule has 3 rings (SSSR count). The Morgan fingerprint density at radius 2 is 2.10 bits per heavy atom. The first-order chi connectivity index (χ1) is 14.8. The Morgan fingerprint density at radius 3 is 2.84 bits per heavy atom. The molecule has 1 atom stereocenters. The second-order valence-electron chi connectivity index (χ2n) is 7.37. The molecule has 9 nitrogen and oxygen atoms in total. The molecule has 11 heteroatoms. The number of imidazole rings is 1. The molecule has 166 valence electrons. The summed E-state index contributed by atoms with van der Waals surface area (Å²) in [4.78, 5) is 26.7. The van der Waals surface area contributed by atoms with Gasteiger partial charge in [0.1, 0.15) is 11.3 Å². The zero-order chi connectivity index (χ0) is 22.5. The van der Waals surface area contributed by atoms with E-state index in [1.807, 2.05) is 18.7 Å². The Labute approximate surface area is 182 Å². The number of hydrogen-bond donors (Lipinski definition) is 2. The lowest BCUT2D eigenvalue weighted by Crippen LogP contribution is -2.27. The fourth-order valence-electron chi connectivity index (χ4n) is 3.01. The summed E-state index contributed by atoms with van der Waals surface area (Å²) in [6, 6.07) is 3.50. The number of fused-ring (bicyclic) bond motifs is 1. The highest BCUT2D eigenvalue weighted by Gasteiger charge is 2.13. The molecule has 3 N–H and O–H groups in total. The summed E-state index contributed by atoms with van der Waals surface area (Å²) in [5.74, 6) is 0.541. The zero-order valence-corrected chi connectivity index (χ0v) is 19.0. The quantitative estimate of drug-likeness (QED) is 0.402. The number of hydrogen-bond acceptors (Lipinski definition) is 7. The molecular formula is C20H27FN7O2P. The maximum atomic E-state index is 14.2. The fourth-order valence-corrected chi connectivity index (χ4v) is 3.34. The van der Waals surface area contributed by atoms with E-state index >= 15 is 0 Å². The van der Waals surface area contributed by atoms with E-state index in [1.165, 1.54) is 0 Å². The summed E-state index contributed by atoms with van der Waals surface area (Å²) in [6.45, 7) is 2.66. The number of alkyl carbamates (subject to hydrolysis) is 1. The number of ether oxygens (including phenoxy) is 1. The molecule has 0 saturated carbocycles. The third-order valence-electron chi connectivity index (χ3n) is 4.79. The van der Waals surface area contributed by atoms with Crippen LogP contribution in [0.1, 0.15) is 24.0 Å². The standard InChI is InChI=1S/C20H27FN7O2P/c1-12-6-7-14(31)13(15(12)21)10-23-20(29)30-9-5-4-8-28-11-24-16-17(22)25-19(27(2)3)26-18(16)28/h6-7,11H,4-5,8-10,31H2,1-3H3,(H,23,29)(H2,22,25,26). The Bertz CT molecular complexity index is 1090. The van der Waals surface area contributed by atoms with Crippen LogP contribution in [0.2, 0.25) is 0 Å². The number of anilines is 2. The summed E-state index contributed by atoms with van der Waals surface area (Å²) >= 11 is 0. The average Bonchev–Trinajstić information content (AvgIpc) is 3.14. The second-order valence-corrected chi connectivity index (χ2v) is 8.00. The first kappa shape index (κ1) is 22.7. The number of aromatic nitrogens is 4. The SMILES string of the molecule is Cc1ccc(P)c(CNC(=O)OCCCCn2cnc3c(N)nc(N(C)C)nc32)c1F. The fraction of sp³-hybridized carbons (Fsp3) is 0.400. The Hall–Kier alpha value is -3.00. The number of unbranched alkanes of at least 4 members (excludes halogenated alkanes) is 1. The van der Waals surface area contributed by atoms with Crippen LogP contribution in [0.3, 0.4) is 0 Å². The highest BCUT2D eigenvalue weighted by atomic mass is 31.0. The van der Waals surface area contributed by atoms with Crippen LogP contribution in [0.4, 0.5) is 21.0 Å². The van der Waals surface area contributed by atoms with E-state index < -0.39 is 6.09 Å². The number of amides is 1. The lowest BCUT2D eigenvalue weighted by atomic mass is 10.1. The number of nitrogens with two attached hydrogens (primary N) is 1. The maximum Gasteiger partial charge on any atom is 0.407 e. The van der Waals surface area contributed by atoms with Crippen LogP contribution < -0.4 is 21.3 Å². The number of nitrogens with zero attached hydrogens (tertiary/aromatic N) is 5. The molecule has 2 heterocycles. The van der Waals surface area contributed by atoms with Crippen LogP contribution in [0.25, 0.3) is 11.2 Å². The van der Waals surface area contributed by atoms with Crippen LogP contribution in [-0.4, -0.2) is 46.3 Å². The van der Waals surface area contributed by atoms with E-state index in [0.29, 0.717) is 52.3 Å². The average molecular weight is 447 g/mol. The van der Waals surface area contributed by atoms with Crippen molar-refractivity contribution in [1.29, 1.82) is 0 Å².